The lowest BCUT2D eigenvalue weighted by atomic mass is 10.2. The number of hydrogen-bond donors (Lipinski definition) is 2. The smallest absolute Gasteiger partial charge is 0.109 e. The first-order chi connectivity index (χ1) is 6.83. The average molecular weight is 190 g/mol. The number of rotatable bonds is 3. The topological polar surface area (TPSA) is 45.6 Å². The van der Waals surface area contributed by atoms with Crippen LogP contribution in [0.3, 0.4) is 0 Å². The molecule has 2 aromatic rings. The van der Waals surface area contributed by atoms with E-state index in [1.165, 1.54) is 5.69 Å². The monoisotopic (exact) mass is 190 g/mol. The summed E-state index contributed by atoms with van der Waals surface area (Å²) in [6, 6.07) is 4.01. The highest BCUT2D eigenvalue weighted by Gasteiger charge is 2.09. The van der Waals surface area contributed by atoms with Crippen molar-refractivity contribution in [3.8, 4) is 11.4 Å². The van der Waals surface area contributed by atoms with Gasteiger partial charge in [-0.15, -0.1) is 0 Å². The Balaban J connectivity index is 2.43. The molecule has 0 aliphatic carbocycles. The summed E-state index contributed by atoms with van der Waals surface area (Å²) in [6.45, 7) is 0.824. The first-order valence-electron chi connectivity index (χ1n) is 4.61. The van der Waals surface area contributed by atoms with Crippen molar-refractivity contribution in [2.75, 3.05) is 7.05 Å². The van der Waals surface area contributed by atoms with E-state index in [2.05, 4.69) is 15.3 Å². The second-order valence-corrected chi connectivity index (χ2v) is 3.26. The van der Waals surface area contributed by atoms with E-state index in [4.69, 9.17) is 0 Å². The predicted molar refractivity (Wildman–Crippen MR) is 55.8 cm³/mol. The standard InChI is InChI=1S/C10H14N4/c1-11-6-9-10(13-7-14(9)2)8-4-3-5-12-8/h3-5,7,11-12H,6H2,1-2H3. The number of aromatic nitrogens is 3. The van der Waals surface area contributed by atoms with E-state index in [9.17, 15) is 0 Å². The Morgan fingerprint density at radius 3 is 3.07 bits per heavy atom. The molecule has 0 atom stereocenters. The fourth-order valence-corrected chi connectivity index (χ4v) is 1.53. The van der Waals surface area contributed by atoms with Gasteiger partial charge >= 0.3 is 0 Å². The van der Waals surface area contributed by atoms with Crippen LogP contribution in [0, 0.1) is 0 Å². The summed E-state index contributed by atoms with van der Waals surface area (Å²) < 4.78 is 2.03. The van der Waals surface area contributed by atoms with Crippen LogP contribution in [-0.2, 0) is 13.6 Å². The highest BCUT2D eigenvalue weighted by atomic mass is 15.1. The van der Waals surface area contributed by atoms with Crippen molar-refractivity contribution >= 4 is 0 Å². The van der Waals surface area contributed by atoms with Crippen molar-refractivity contribution in [1.29, 1.82) is 0 Å². The molecule has 74 valence electrons. The minimum atomic E-state index is 0.824. The lowest BCUT2D eigenvalue weighted by Gasteiger charge is -2.03. The van der Waals surface area contributed by atoms with Gasteiger partial charge in [0.2, 0.25) is 0 Å². The molecular weight excluding hydrogens is 176 g/mol. The Morgan fingerprint density at radius 2 is 2.43 bits per heavy atom. The van der Waals surface area contributed by atoms with Gasteiger partial charge < -0.3 is 14.9 Å². The number of H-pyrrole nitrogens is 1. The highest BCUT2D eigenvalue weighted by Crippen LogP contribution is 2.19. The molecular formula is C10H14N4. The summed E-state index contributed by atoms with van der Waals surface area (Å²) in [7, 11) is 3.94. The molecule has 0 bridgehead atoms. The van der Waals surface area contributed by atoms with E-state index in [1.54, 1.807) is 0 Å². The molecule has 0 spiro atoms. The maximum Gasteiger partial charge on any atom is 0.109 e. The Hall–Kier alpha value is -1.55. The third-order valence-electron chi connectivity index (χ3n) is 2.26. The number of imidazole rings is 1. The molecule has 0 saturated carbocycles. The molecule has 0 aliphatic rings. The maximum atomic E-state index is 4.37. The number of nitrogens with zero attached hydrogens (tertiary/aromatic N) is 2. The van der Waals surface area contributed by atoms with Gasteiger partial charge in [-0.25, -0.2) is 4.98 Å². The molecule has 2 rings (SSSR count). The van der Waals surface area contributed by atoms with Crippen LogP contribution in [0.15, 0.2) is 24.7 Å². The van der Waals surface area contributed by atoms with Crippen LogP contribution >= 0.6 is 0 Å². The molecule has 0 aliphatic heterocycles. The molecule has 2 aromatic heterocycles. The summed E-state index contributed by atoms with van der Waals surface area (Å²) in [5.41, 5.74) is 3.28. The number of aryl methyl sites for hydroxylation is 1. The van der Waals surface area contributed by atoms with Gasteiger partial charge in [0.15, 0.2) is 0 Å². The summed E-state index contributed by atoms with van der Waals surface area (Å²) in [5, 5.41) is 3.14. The Bertz CT molecular complexity index is 400. The van der Waals surface area contributed by atoms with Gasteiger partial charge in [-0.3, -0.25) is 0 Å². The molecule has 14 heavy (non-hydrogen) atoms. The van der Waals surface area contributed by atoms with Gasteiger partial charge in [-0.05, 0) is 19.2 Å². The zero-order valence-electron chi connectivity index (χ0n) is 8.41. The minimum absolute atomic E-state index is 0.824. The number of nitrogens with one attached hydrogen (secondary N) is 2. The van der Waals surface area contributed by atoms with Crippen LogP contribution in [0.5, 0.6) is 0 Å². The first-order valence-corrected chi connectivity index (χ1v) is 4.61. The molecule has 0 saturated heterocycles. The first kappa shape index (κ1) is 9.02. The van der Waals surface area contributed by atoms with E-state index >= 15 is 0 Å². The van der Waals surface area contributed by atoms with Gasteiger partial charge in [0.25, 0.3) is 0 Å². The molecule has 0 amide bonds. The zero-order chi connectivity index (χ0) is 9.97. The van der Waals surface area contributed by atoms with Crippen LogP contribution in [0.1, 0.15) is 5.69 Å². The minimum Gasteiger partial charge on any atom is -0.360 e. The van der Waals surface area contributed by atoms with Crippen molar-refractivity contribution in [1.82, 2.24) is 19.9 Å². The van der Waals surface area contributed by atoms with Crippen molar-refractivity contribution < 1.29 is 0 Å². The number of aromatic amines is 1. The SMILES string of the molecule is CNCc1c(-c2ccc[nH]2)ncn1C. The van der Waals surface area contributed by atoms with Crippen LogP contribution in [0.25, 0.3) is 11.4 Å². The predicted octanol–water partition coefficient (Wildman–Crippen LogP) is 1.13. The van der Waals surface area contributed by atoms with Gasteiger partial charge in [-0.1, -0.05) is 0 Å². The Kier molecular flexibility index (Phi) is 2.37. The molecule has 0 fully saturated rings. The third kappa shape index (κ3) is 1.44. The number of hydrogen-bond acceptors (Lipinski definition) is 2. The zero-order valence-corrected chi connectivity index (χ0v) is 8.41. The summed E-state index contributed by atoms with van der Waals surface area (Å²) in [6.07, 6.45) is 3.75. The van der Waals surface area contributed by atoms with E-state index in [0.717, 1.165) is 17.9 Å². The Labute approximate surface area is 83.0 Å². The molecule has 0 radical (unpaired) electrons. The third-order valence-corrected chi connectivity index (χ3v) is 2.26. The van der Waals surface area contributed by atoms with Crippen LogP contribution in [0.4, 0.5) is 0 Å². The van der Waals surface area contributed by atoms with E-state index in [-0.39, 0.29) is 0 Å². The molecule has 0 aromatic carbocycles. The molecule has 2 N–H and O–H groups in total. The van der Waals surface area contributed by atoms with Gasteiger partial charge in [0.1, 0.15) is 5.69 Å². The second kappa shape index (κ2) is 3.67. The quantitative estimate of drug-likeness (QED) is 0.762. The van der Waals surface area contributed by atoms with Crippen LogP contribution in [0.2, 0.25) is 0 Å². The van der Waals surface area contributed by atoms with E-state index < -0.39 is 0 Å². The lowest BCUT2D eigenvalue weighted by molar-refractivity contribution is 0.735. The van der Waals surface area contributed by atoms with Crippen molar-refractivity contribution in [3.05, 3.63) is 30.4 Å². The summed E-state index contributed by atoms with van der Waals surface area (Å²) >= 11 is 0. The second-order valence-electron chi connectivity index (χ2n) is 3.26. The van der Waals surface area contributed by atoms with Crippen LogP contribution < -0.4 is 5.32 Å². The van der Waals surface area contributed by atoms with Crippen molar-refractivity contribution in [2.45, 2.75) is 6.54 Å². The Morgan fingerprint density at radius 1 is 1.57 bits per heavy atom. The molecule has 2 heterocycles. The fourth-order valence-electron chi connectivity index (χ4n) is 1.53. The normalized spacial score (nSPS) is 10.7. The van der Waals surface area contributed by atoms with Gasteiger partial charge in [0.05, 0.1) is 17.7 Å². The van der Waals surface area contributed by atoms with Gasteiger partial charge in [0, 0.05) is 19.8 Å². The molecule has 4 heteroatoms. The maximum absolute atomic E-state index is 4.37. The van der Waals surface area contributed by atoms with Crippen LogP contribution in [-0.4, -0.2) is 21.6 Å². The van der Waals surface area contributed by atoms with E-state index in [1.807, 2.05) is 43.3 Å². The largest absolute Gasteiger partial charge is 0.360 e. The average Bonchev–Trinajstić information content (AvgIpc) is 2.77. The fraction of sp³-hybridized carbons (Fsp3) is 0.300. The van der Waals surface area contributed by atoms with Crippen molar-refractivity contribution in [3.63, 3.8) is 0 Å². The summed E-state index contributed by atoms with van der Waals surface area (Å²) in [5.74, 6) is 0. The van der Waals surface area contributed by atoms with E-state index in [0.29, 0.717) is 0 Å². The lowest BCUT2D eigenvalue weighted by Crippen LogP contribution is -2.09. The van der Waals surface area contributed by atoms with Gasteiger partial charge in [-0.2, -0.15) is 0 Å². The molecule has 0 unspecified atom stereocenters. The summed E-state index contributed by atoms with van der Waals surface area (Å²) in [4.78, 5) is 7.53. The van der Waals surface area contributed by atoms with Crippen molar-refractivity contribution in [2.24, 2.45) is 7.05 Å². The highest BCUT2D eigenvalue weighted by molar-refractivity contribution is 5.57. The molecule has 4 nitrogen and oxygen atoms in total.